The van der Waals surface area contributed by atoms with Gasteiger partial charge in [-0.15, -0.1) is 0 Å². The van der Waals surface area contributed by atoms with Crippen molar-refractivity contribution in [3.63, 3.8) is 0 Å². The van der Waals surface area contributed by atoms with Crippen LogP contribution in [0.1, 0.15) is 47.4 Å². The second kappa shape index (κ2) is 9.53. The molecule has 2 heterocycles. The first kappa shape index (κ1) is 23.5. The molecule has 0 atom stereocenters. The maximum Gasteiger partial charge on any atom is 0.206 e. The highest BCUT2D eigenvalue weighted by molar-refractivity contribution is 6.31. The average molecular weight is 503 g/mol. The van der Waals surface area contributed by atoms with Crippen LogP contribution in [0.15, 0.2) is 48.5 Å². The molecule has 4 nitrogen and oxygen atoms in total. The van der Waals surface area contributed by atoms with Gasteiger partial charge in [0, 0.05) is 36.8 Å². The molecule has 2 aliphatic rings. The summed E-state index contributed by atoms with van der Waals surface area (Å²) in [6.45, 7) is 7.93. The van der Waals surface area contributed by atoms with Gasteiger partial charge < -0.3 is 14.8 Å². The number of rotatable bonds is 5. The number of anilines is 1. The Labute approximate surface area is 217 Å². The SMILES string of the molecule is Cc1cc(Cn2c(N3CCNCC3)nc3c(-c4ccccc4C4CCC4)cc(Cl)cc32)cc(C)c1F. The number of piperazine rings is 1. The molecule has 0 spiro atoms. The molecule has 2 fully saturated rings. The molecule has 1 aliphatic heterocycles. The predicted octanol–water partition coefficient (Wildman–Crippen LogP) is 6.84. The highest BCUT2D eigenvalue weighted by atomic mass is 35.5. The first-order valence-electron chi connectivity index (χ1n) is 13.0. The Balaban J connectivity index is 1.55. The van der Waals surface area contributed by atoms with E-state index in [0.717, 1.165) is 54.3 Å². The van der Waals surface area contributed by atoms with Gasteiger partial charge in [-0.2, -0.15) is 0 Å². The van der Waals surface area contributed by atoms with Gasteiger partial charge in [0.1, 0.15) is 5.82 Å². The number of aromatic nitrogens is 2. The van der Waals surface area contributed by atoms with Gasteiger partial charge in [0.15, 0.2) is 0 Å². The lowest BCUT2D eigenvalue weighted by molar-refractivity contribution is 0.420. The van der Waals surface area contributed by atoms with Crippen molar-refractivity contribution in [1.82, 2.24) is 14.9 Å². The van der Waals surface area contributed by atoms with Crippen LogP contribution in [0.2, 0.25) is 5.02 Å². The number of nitrogens with one attached hydrogen (secondary N) is 1. The number of benzene rings is 3. The van der Waals surface area contributed by atoms with E-state index in [9.17, 15) is 4.39 Å². The second-order valence-corrected chi connectivity index (χ2v) is 10.8. The molecule has 36 heavy (non-hydrogen) atoms. The Morgan fingerprint density at radius 3 is 2.42 bits per heavy atom. The minimum atomic E-state index is -0.130. The van der Waals surface area contributed by atoms with Crippen LogP contribution in [0.5, 0.6) is 0 Å². The van der Waals surface area contributed by atoms with E-state index >= 15 is 0 Å². The molecule has 1 aromatic heterocycles. The van der Waals surface area contributed by atoms with Gasteiger partial charge in [0.05, 0.1) is 17.6 Å². The number of hydrogen-bond acceptors (Lipinski definition) is 3. The molecule has 3 aromatic carbocycles. The third-order valence-corrected chi connectivity index (χ3v) is 8.05. The van der Waals surface area contributed by atoms with Crippen molar-refractivity contribution in [2.45, 2.75) is 45.6 Å². The molecule has 0 amide bonds. The number of halogens is 2. The standard InChI is InChI=1S/C30H32ClFN4/c1-19-14-21(15-20(2)28(19)32)18-36-27-17-23(31)16-26(25-9-4-3-8-24(25)22-6-5-7-22)29(27)34-30(36)35-12-10-33-11-13-35/h3-4,8-9,14-17,22,33H,5-7,10-13,18H2,1-2H3. The lowest BCUT2D eigenvalue weighted by Gasteiger charge is -2.29. The van der Waals surface area contributed by atoms with Gasteiger partial charge in [-0.1, -0.05) is 54.4 Å². The van der Waals surface area contributed by atoms with Crippen LogP contribution < -0.4 is 10.2 Å². The van der Waals surface area contributed by atoms with E-state index in [0.29, 0.717) is 28.6 Å². The lowest BCUT2D eigenvalue weighted by atomic mass is 9.77. The molecular weight excluding hydrogens is 471 g/mol. The van der Waals surface area contributed by atoms with Gasteiger partial charge in [-0.3, -0.25) is 0 Å². The molecule has 1 N–H and O–H groups in total. The van der Waals surface area contributed by atoms with Gasteiger partial charge in [0.25, 0.3) is 0 Å². The van der Waals surface area contributed by atoms with Crippen molar-refractivity contribution in [2.24, 2.45) is 0 Å². The van der Waals surface area contributed by atoms with Crippen LogP contribution in [0.4, 0.5) is 10.3 Å². The van der Waals surface area contributed by atoms with E-state index in [4.69, 9.17) is 16.6 Å². The second-order valence-electron chi connectivity index (χ2n) is 10.3. The maximum atomic E-state index is 14.4. The molecule has 6 rings (SSSR count). The van der Waals surface area contributed by atoms with Crippen LogP contribution in [0.3, 0.4) is 0 Å². The number of aryl methyl sites for hydroxylation is 2. The Hall–Kier alpha value is -2.89. The topological polar surface area (TPSA) is 33.1 Å². The molecule has 6 heteroatoms. The first-order chi connectivity index (χ1) is 17.5. The van der Waals surface area contributed by atoms with E-state index in [1.54, 1.807) is 0 Å². The molecular formula is C30H32ClFN4. The fraction of sp³-hybridized carbons (Fsp3) is 0.367. The first-order valence-corrected chi connectivity index (χ1v) is 13.4. The molecule has 1 saturated heterocycles. The van der Waals surface area contributed by atoms with Crippen molar-refractivity contribution in [1.29, 1.82) is 0 Å². The van der Waals surface area contributed by atoms with E-state index in [-0.39, 0.29) is 5.82 Å². The highest BCUT2D eigenvalue weighted by Gasteiger charge is 2.26. The highest BCUT2D eigenvalue weighted by Crippen LogP contribution is 2.43. The van der Waals surface area contributed by atoms with Gasteiger partial charge >= 0.3 is 0 Å². The molecule has 0 unspecified atom stereocenters. The van der Waals surface area contributed by atoms with Crippen molar-refractivity contribution in [3.8, 4) is 11.1 Å². The van der Waals surface area contributed by atoms with E-state index in [1.165, 1.54) is 30.4 Å². The average Bonchev–Trinajstić information content (AvgIpc) is 3.20. The fourth-order valence-corrected chi connectivity index (χ4v) is 5.98. The van der Waals surface area contributed by atoms with Crippen LogP contribution in [0.25, 0.3) is 22.2 Å². The number of imidazole rings is 1. The zero-order valence-corrected chi connectivity index (χ0v) is 21.7. The summed E-state index contributed by atoms with van der Waals surface area (Å²) in [5, 5.41) is 4.15. The summed E-state index contributed by atoms with van der Waals surface area (Å²) >= 11 is 6.78. The summed E-state index contributed by atoms with van der Waals surface area (Å²) in [5.74, 6) is 1.43. The smallest absolute Gasteiger partial charge is 0.206 e. The molecule has 4 aromatic rings. The van der Waals surface area contributed by atoms with Crippen molar-refractivity contribution in [3.05, 3.63) is 81.6 Å². The Morgan fingerprint density at radius 2 is 1.72 bits per heavy atom. The Kier molecular flexibility index (Phi) is 6.22. The molecule has 186 valence electrons. The zero-order chi connectivity index (χ0) is 24.8. The summed E-state index contributed by atoms with van der Waals surface area (Å²) in [6.07, 6.45) is 3.77. The maximum absolute atomic E-state index is 14.4. The monoisotopic (exact) mass is 502 g/mol. The summed E-state index contributed by atoms with van der Waals surface area (Å²) in [6, 6.07) is 16.8. The lowest BCUT2D eigenvalue weighted by Crippen LogP contribution is -2.44. The summed E-state index contributed by atoms with van der Waals surface area (Å²) < 4.78 is 16.7. The van der Waals surface area contributed by atoms with E-state index in [2.05, 4.69) is 45.1 Å². The fourth-order valence-electron chi connectivity index (χ4n) is 5.77. The van der Waals surface area contributed by atoms with Crippen molar-refractivity contribution in [2.75, 3.05) is 31.1 Å². The van der Waals surface area contributed by atoms with Crippen LogP contribution in [0, 0.1) is 19.7 Å². The van der Waals surface area contributed by atoms with E-state index < -0.39 is 0 Å². The van der Waals surface area contributed by atoms with Crippen LogP contribution in [-0.4, -0.2) is 35.7 Å². The molecule has 0 bridgehead atoms. The number of nitrogens with zero attached hydrogens (tertiary/aromatic N) is 3. The zero-order valence-electron chi connectivity index (χ0n) is 21.0. The van der Waals surface area contributed by atoms with Crippen molar-refractivity contribution < 1.29 is 4.39 Å². The third-order valence-electron chi connectivity index (χ3n) is 7.83. The largest absolute Gasteiger partial charge is 0.340 e. The summed E-state index contributed by atoms with van der Waals surface area (Å²) in [4.78, 5) is 7.64. The van der Waals surface area contributed by atoms with Crippen LogP contribution in [-0.2, 0) is 6.54 Å². The number of hydrogen-bond donors (Lipinski definition) is 1. The summed E-state index contributed by atoms with van der Waals surface area (Å²) in [5.41, 5.74) is 8.15. The quantitative estimate of drug-likeness (QED) is 0.324. The van der Waals surface area contributed by atoms with Gasteiger partial charge in [-0.05, 0) is 72.6 Å². The van der Waals surface area contributed by atoms with Gasteiger partial charge in [-0.25, -0.2) is 9.37 Å². The van der Waals surface area contributed by atoms with E-state index in [1.807, 2.05) is 32.0 Å². The molecule has 1 aliphatic carbocycles. The predicted molar refractivity (Wildman–Crippen MR) is 147 cm³/mol. The molecule has 1 saturated carbocycles. The minimum Gasteiger partial charge on any atom is -0.340 e. The third kappa shape index (κ3) is 4.18. The Bertz CT molecular complexity index is 1410. The molecule has 0 radical (unpaired) electrons. The van der Waals surface area contributed by atoms with Crippen LogP contribution >= 0.6 is 11.6 Å². The Morgan fingerprint density at radius 1 is 1.00 bits per heavy atom. The minimum absolute atomic E-state index is 0.130. The summed E-state index contributed by atoms with van der Waals surface area (Å²) in [7, 11) is 0. The normalized spacial score (nSPS) is 16.5. The van der Waals surface area contributed by atoms with Crippen molar-refractivity contribution >= 4 is 28.6 Å². The number of fused-ring (bicyclic) bond motifs is 1. The van der Waals surface area contributed by atoms with Gasteiger partial charge in [0.2, 0.25) is 5.95 Å².